The lowest BCUT2D eigenvalue weighted by atomic mass is 10.00. The summed E-state index contributed by atoms with van der Waals surface area (Å²) in [5.41, 5.74) is 0. The van der Waals surface area contributed by atoms with Gasteiger partial charge in [-0.25, -0.2) is 0 Å². The summed E-state index contributed by atoms with van der Waals surface area (Å²) in [7, 11) is -2.44. The van der Waals surface area contributed by atoms with Gasteiger partial charge in [0.05, 0.1) is 6.10 Å². The molecule has 29 heavy (non-hydrogen) atoms. The second-order valence-corrected chi connectivity index (χ2v) is 13.4. The fourth-order valence-electron chi connectivity index (χ4n) is 4.03. The van der Waals surface area contributed by atoms with Gasteiger partial charge in [0.1, 0.15) is 0 Å². The van der Waals surface area contributed by atoms with Crippen molar-refractivity contribution in [2.75, 3.05) is 13.2 Å². The van der Waals surface area contributed by atoms with Crippen LogP contribution < -0.4 is 10.4 Å². The number of rotatable bonds is 11. The van der Waals surface area contributed by atoms with Gasteiger partial charge in [-0.2, -0.15) is 0 Å². The quantitative estimate of drug-likeness (QED) is 0.430. The SMILES string of the molecule is C[C@H](CO)[C@@H](O)CCCCCO[Si](c1ccccc1)(c1ccccc1)C(C)(C)C. The zero-order valence-electron chi connectivity index (χ0n) is 18.5. The monoisotopic (exact) mass is 414 g/mol. The van der Waals surface area contributed by atoms with E-state index in [1.165, 1.54) is 10.4 Å². The molecule has 0 amide bonds. The van der Waals surface area contributed by atoms with Crippen LogP contribution in [-0.2, 0) is 4.43 Å². The number of hydrogen-bond acceptors (Lipinski definition) is 3. The van der Waals surface area contributed by atoms with Gasteiger partial charge in [0.25, 0.3) is 8.32 Å². The van der Waals surface area contributed by atoms with Gasteiger partial charge in [-0.05, 0) is 28.3 Å². The maximum Gasteiger partial charge on any atom is 0.261 e. The van der Waals surface area contributed by atoms with Crippen molar-refractivity contribution in [1.29, 1.82) is 0 Å². The fraction of sp³-hybridized carbons (Fsp3) is 0.520. The molecule has 0 saturated heterocycles. The van der Waals surface area contributed by atoms with E-state index in [1.54, 1.807) is 0 Å². The minimum absolute atomic E-state index is 0.00244. The molecule has 4 heteroatoms. The highest BCUT2D eigenvalue weighted by Gasteiger charge is 2.49. The second kappa shape index (κ2) is 11.1. The molecule has 0 unspecified atom stereocenters. The molecule has 0 aliphatic carbocycles. The van der Waals surface area contributed by atoms with Gasteiger partial charge in [-0.1, -0.05) is 101 Å². The largest absolute Gasteiger partial charge is 0.407 e. The van der Waals surface area contributed by atoms with Crippen molar-refractivity contribution in [3.8, 4) is 0 Å². The van der Waals surface area contributed by atoms with Gasteiger partial charge >= 0.3 is 0 Å². The van der Waals surface area contributed by atoms with Gasteiger partial charge in [0.15, 0.2) is 0 Å². The molecular formula is C25H38O3Si. The predicted molar refractivity (Wildman–Crippen MR) is 124 cm³/mol. The summed E-state index contributed by atoms with van der Waals surface area (Å²) in [6.45, 7) is 9.54. The van der Waals surface area contributed by atoms with Crippen molar-refractivity contribution in [2.24, 2.45) is 5.92 Å². The summed E-state index contributed by atoms with van der Waals surface area (Å²) >= 11 is 0. The Kier molecular flexibility index (Phi) is 9.09. The van der Waals surface area contributed by atoms with E-state index < -0.39 is 14.4 Å². The molecule has 0 spiro atoms. The molecule has 0 heterocycles. The van der Waals surface area contributed by atoms with Gasteiger partial charge < -0.3 is 14.6 Å². The van der Waals surface area contributed by atoms with Crippen molar-refractivity contribution in [2.45, 2.75) is 64.5 Å². The first-order valence-corrected chi connectivity index (χ1v) is 12.8. The van der Waals surface area contributed by atoms with Crippen molar-refractivity contribution >= 4 is 18.7 Å². The minimum atomic E-state index is -2.44. The summed E-state index contributed by atoms with van der Waals surface area (Å²) in [6, 6.07) is 21.4. The topological polar surface area (TPSA) is 49.7 Å². The van der Waals surface area contributed by atoms with Crippen LogP contribution in [0.2, 0.25) is 5.04 Å². The van der Waals surface area contributed by atoms with Crippen molar-refractivity contribution in [3.63, 3.8) is 0 Å². The first-order valence-electron chi connectivity index (χ1n) is 10.9. The van der Waals surface area contributed by atoms with Crippen molar-refractivity contribution < 1.29 is 14.6 Å². The molecule has 2 aromatic rings. The van der Waals surface area contributed by atoms with Gasteiger partial charge in [0.2, 0.25) is 0 Å². The van der Waals surface area contributed by atoms with Crippen molar-refractivity contribution in [3.05, 3.63) is 60.7 Å². The van der Waals surface area contributed by atoms with E-state index in [0.29, 0.717) is 0 Å². The Labute approximate surface area is 177 Å². The molecule has 0 bridgehead atoms. The maximum absolute atomic E-state index is 10.0. The Bertz CT molecular complexity index is 658. The number of hydrogen-bond donors (Lipinski definition) is 2. The van der Waals surface area contributed by atoms with Gasteiger partial charge in [-0.15, -0.1) is 0 Å². The molecule has 2 rings (SSSR count). The Balaban J connectivity index is 2.11. The van der Waals surface area contributed by atoms with Crippen LogP contribution in [-0.4, -0.2) is 37.8 Å². The van der Waals surface area contributed by atoms with Crippen LogP contribution in [0.1, 0.15) is 53.4 Å². The standard InChI is InChI=1S/C25H38O3Si/c1-21(20-26)24(27)18-12-7-13-19-28-29(25(2,3)4,22-14-8-5-9-15-22)23-16-10-6-11-17-23/h5-6,8-11,14-17,21,24,26-27H,7,12-13,18-20H2,1-4H3/t21-,24+/m1/s1. The highest BCUT2D eigenvalue weighted by Crippen LogP contribution is 2.36. The highest BCUT2D eigenvalue weighted by atomic mass is 28.4. The van der Waals surface area contributed by atoms with E-state index in [9.17, 15) is 5.11 Å². The van der Waals surface area contributed by atoms with Crippen LogP contribution in [0, 0.1) is 5.92 Å². The van der Waals surface area contributed by atoms with E-state index in [4.69, 9.17) is 9.53 Å². The second-order valence-electron chi connectivity index (χ2n) is 9.09. The Morgan fingerprint density at radius 2 is 1.38 bits per heavy atom. The van der Waals surface area contributed by atoms with Crippen LogP contribution in [0.3, 0.4) is 0 Å². The molecule has 3 nitrogen and oxygen atoms in total. The van der Waals surface area contributed by atoms with Crippen molar-refractivity contribution in [1.82, 2.24) is 0 Å². The number of benzene rings is 2. The fourth-order valence-corrected chi connectivity index (χ4v) is 8.63. The van der Waals surface area contributed by atoms with E-state index in [-0.39, 0.29) is 17.6 Å². The summed E-state index contributed by atoms with van der Waals surface area (Å²) in [5, 5.41) is 21.8. The summed E-state index contributed by atoms with van der Waals surface area (Å²) in [5.74, 6) is -0.0524. The Hall–Kier alpha value is -1.46. The molecule has 0 aliphatic rings. The van der Waals surface area contributed by atoms with Crippen LogP contribution in [0.25, 0.3) is 0 Å². The third-order valence-electron chi connectivity index (χ3n) is 5.82. The Morgan fingerprint density at radius 3 is 1.83 bits per heavy atom. The Morgan fingerprint density at radius 1 is 0.862 bits per heavy atom. The van der Waals surface area contributed by atoms with E-state index >= 15 is 0 Å². The molecule has 0 aromatic heterocycles. The van der Waals surface area contributed by atoms with E-state index in [1.807, 2.05) is 6.92 Å². The lowest BCUT2D eigenvalue weighted by molar-refractivity contribution is 0.0682. The van der Waals surface area contributed by atoms with E-state index in [0.717, 1.165) is 32.3 Å². The number of unbranched alkanes of at least 4 members (excludes halogenated alkanes) is 2. The predicted octanol–water partition coefficient (Wildman–Crippen LogP) is 4.11. The average Bonchev–Trinajstić information content (AvgIpc) is 2.73. The molecule has 0 fully saturated rings. The first-order chi connectivity index (χ1) is 13.8. The normalized spacial score (nSPS) is 14.6. The zero-order valence-corrected chi connectivity index (χ0v) is 19.5. The van der Waals surface area contributed by atoms with Gasteiger partial charge in [0, 0.05) is 19.1 Å². The highest BCUT2D eigenvalue weighted by molar-refractivity contribution is 6.99. The van der Waals surface area contributed by atoms with Gasteiger partial charge in [-0.3, -0.25) is 0 Å². The number of aliphatic hydroxyl groups excluding tert-OH is 2. The summed E-state index contributed by atoms with van der Waals surface area (Å²) < 4.78 is 6.88. The maximum atomic E-state index is 10.0. The zero-order chi connectivity index (χ0) is 21.3. The minimum Gasteiger partial charge on any atom is -0.407 e. The first kappa shape index (κ1) is 23.8. The number of aliphatic hydroxyl groups is 2. The van der Waals surface area contributed by atoms with Crippen LogP contribution >= 0.6 is 0 Å². The van der Waals surface area contributed by atoms with E-state index in [2.05, 4.69) is 81.4 Å². The molecule has 0 aliphatic heterocycles. The molecule has 2 N–H and O–H groups in total. The molecular weight excluding hydrogens is 376 g/mol. The third kappa shape index (κ3) is 6.02. The molecule has 0 radical (unpaired) electrons. The van der Waals surface area contributed by atoms with Crippen LogP contribution in [0.15, 0.2) is 60.7 Å². The van der Waals surface area contributed by atoms with Crippen LogP contribution in [0.4, 0.5) is 0 Å². The molecule has 0 saturated carbocycles. The lowest BCUT2D eigenvalue weighted by Gasteiger charge is -2.43. The smallest absolute Gasteiger partial charge is 0.261 e. The molecule has 2 atom stereocenters. The lowest BCUT2D eigenvalue weighted by Crippen LogP contribution is -2.66. The third-order valence-corrected chi connectivity index (χ3v) is 10.9. The summed E-state index contributed by atoms with van der Waals surface area (Å²) in [6.07, 6.45) is 3.27. The van der Waals surface area contributed by atoms with Crippen LogP contribution in [0.5, 0.6) is 0 Å². The molecule has 160 valence electrons. The average molecular weight is 415 g/mol. The summed E-state index contributed by atoms with van der Waals surface area (Å²) in [4.78, 5) is 0. The molecule has 2 aromatic carbocycles.